The highest BCUT2D eigenvalue weighted by atomic mass is 16.5. The Morgan fingerprint density at radius 1 is 1.14 bits per heavy atom. The van der Waals surface area contributed by atoms with Crippen molar-refractivity contribution >= 4 is 29.4 Å². The predicted molar refractivity (Wildman–Crippen MR) is 167 cm³/mol. The van der Waals surface area contributed by atoms with Crippen molar-refractivity contribution in [2.45, 2.75) is 97.0 Å². The number of carbonyl (C=O) groups excluding carboxylic acids is 5. The van der Waals surface area contributed by atoms with Gasteiger partial charge in [0.25, 0.3) is 0 Å². The smallest absolute Gasteiger partial charge is 0.328 e. The number of amides is 2. The van der Waals surface area contributed by atoms with Crippen LogP contribution in [0.1, 0.15) is 72.6 Å². The topological polar surface area (TPSA) is 148 Å². The van der Waals surface area contributed by atoms with Gasteiger partial charge in [-0.05, 0) is 44.8 Å². The van der Waals surface area contributed by atoms with E-state index < -0.39 is 53.7 Å². The van der Waals surface area contributed by atoms with Crippen LogP contribution in [-0.4, -0.2) is 65.9 Å². The zero-order valence-corrected chi connectivity index (χ0v) is 26.3. The molecule has 10 nitrogen and oxygen atoms in total. The largest absolute Gasteiger partial charge is 0.460 e. The molecule has 1 aliphatic carbocycles. The van der Waals surface area contributed by atoms with Crippen LogP contribution < -0.4 is 10.6 Å². The summed E-state index contributed by atoms with van der Waals surface area (Å²) in [7, 11) is 1.47. The number of hydrogen-bond acceptors (Lipinski definition) is 8. The molecule has 5 atom stereocenters. The highest BCUT2D eigenvalue weighted by molar-refractivity contribution is 6.21. The molecule has 1 aliphatic heterocycles. The van der Waals surface area contributed by atoms with Gasteiger partial charge in [-0.15, -0.1) is 0 Å². The first-order valence-electron chi connectivity index (χ1n) is 15.1. The van der Waals surface area contributed by atoms with E-state index in [1.165, 1.54) is 13.2 Å². The van der Waals surface area contributed by atoms with Gasteiger partial charge in [-0.2, -0.15) is 0 Å². The van der Waals surface area contributed by atoms with Crippen molar-refractivity contribution < 1.29 is 38.6 Å². The molecule has 44 heavy (non-hydrogen) atoms. The maximum atomic E-state index is 13.0. The Morgan fingerprint density at radius 2 is 1.86 bits per heavy atom. The van der Waals surface area contributed by atoms with Crippen LogP contribution >= 0.6 is 0 Å². The minimum atomic E-state index is -0.971. The molecule has 2 rings (SSSR count). The molecule has 0 saturated heterocycles. The van der Waals surface area contributed by atoms with Gasteiger partial charge in [0.1, 0.15) is 12.1 Å². The lowest BCUT2D eigenvalue weighted by Gasteiger charge is -2.29. The number of aliphatic hydroxyl groups is 1. The minimum absolute atomic E-state index is 0.0588. The van der Waals surface area contributed by atoms with Crippen LogP contribution in [0.5, 0.6) is 0 Å². The number of Topliss-reactive ketones (excluding diaryl/α,β-unsaturated/α-hetero) is 1. The summed E-state index contributed by atoms with van der Waals surface area (Å²) in [6, 6.07) is -0.849. The second-order valence-electron chi connectivity index (χ2n) is 11.1. The van der Waals surface area contributed by atoms with Crippen LogP contribution in [0.25, 0.3) is 0 Å². The Hall–Kier alpha value is -3.89. The number of aliphatic hydroxyl groups excluding tert-OH is 1. The van der Waals surface area contributed by atoms with E-state index in [1.807, 2.05) is 13.0 Å². The van der Waals surface area contributed by atoms with Crippen LogP contribution in [0.2, 0.25) is 0 Å². The van der Waals surface area contributed by atoms with E-state index in [-0.39, 0.29) is 30.0 Å². The van der Waals surface area contributed by atoms with E-state index in [2.05, 4.69) is 10.6 Å². The van der Waals surface area contributed by atoms with Crippen molar-refractivity contribution in [2.75, 3.05) is 7.11 Å². The second-order valence-corrected chi connectivity index (χ2v) is 11.1. The zero-order valence-electron chi connectivity index (χ0n) is 26.3. The number of unbranched alkanes of at least 4 members (excludes halogenated alkanes) is 1. The maximum absolute atomic E-state index is 13.0. The fourth-order valence-electron chi connectivity index (χ4n) is 4.69. The monoisotopic (exact) mass is 610 g/mol. The molecule has 0 aromatic carbocycles. The maximum Gasteiger partial charge on any atom is 0.328 e. The number of ether oxygens (including phenoxy) is 2. The fourth-order valence-corrected chi connectivity index (χ4v) is 4.69. The highest BCUT2D eigenvalue weighted by Gasteiger charge is 2.30. The summed E-state index contributed by atoms with van der Waals surface area (Å²) in [5.41, 5.74) is 0.789. The number of esters is 1. The quantitative estimate of drug-likeness (QED) is 0.224. The molecule has 3 N–H and O–H groups in total. The molecular weight excluding hydrogens is 564 g/mol. The number of rotatable bonds is 7. The number of ketones is 2. The molecule has 0 radical (unpaired) electrons. The Bertz CT molecular complexity index is 1240. The Labute approximate surface area is 260 Å². The SMILES string of the molecule is CCCCC(=O)NC(C)C(=O)OC1CC=CC=CC=CC(OC)CC(=O)NC2=CC(=O)C=C(CCC=C(C)C(O)C1C)C2=O. The summed E-state index contributed by atoms with van der Waals surface area (Å²) in [5, 5.41) is 16.4. The van der Waals surface area contributed by atoms with Gasteiger partial charge in [-0.1, -0.05) is 62.8 Å². The van der Waals surface area contributed by atoms with Crippen molar-refractivity contribution in [1.82, 2.24) is 10.6 Å². The van der Waals surface area contributed by atoms with Crippen LogP contribution in [0, 0.1) is 5.92 Å². The third kappa shape index (κ3) is 12.0. The number of carbonyl (C=O) groups is 5. The van der Waals surface area contributed by atoms with E-state index in [0.29, 0.717) is 24.8 Å². The number of nitrogens with one attached hydrogen (secondary N) is 2. The Morgan fingerprint density at radius 3 is 2.57 bits per heavy atom. The molecule has 0 spiro atoms. The summed E-state index contributed by atoms with van der Waals surface area (Å²) in [6.45, 7) is 7.08. The van der Waals surface area contributed by atoms with Gasteiger partial charge in [0, 0.05) is 37.5 Å². The van der Waals surface area contributed by atoms with Crippen LogP contribution in [-0.2, 0) is 33.4 Å². The molecule has 0 aromatic heterocycles. The molecular formula is C34H46N2O8. The molecule has 10 heteroatoms. The molecule has 2 bridgehead atoms. The lowest BCUT2D eigenvalue weighted by molar-refractivity contribution is -0.156. The first-order chi connectivity index (χ1) is 21.0. The molecule has 0 saturated carbocycles. The third-order valence-electron chi connectivity index (χ3n) is 7.45. The van der Waals surface area contributed by atoms with Gasteiger partial charge >= 0.3 is 5.97 Å². The van der Waals surface area contributed by atoms with Gasteiger partial charge in [0.05, 0.1) is 24.3 Å². The zero-order chi connectivity index (χ0) is 32.6. The van der Waals surface area contributed by atoms with E-state index in [1.54, 1.807) is 57.2 Å². The van der Waals surface area contributed by atoms with Crippen LogP contribution in [0.15, 0.2) is 71.5 Å². The van der Waals surface area contributed by atoms with Gasteiger partial charge in [0.15, 0.2) is 5.78 Å². The average Bonchev–Trinajstić information content (AvgIpc) is 2.98. The van der Waals surface area contributed by atoms with Crippen molar-refractivity contribution in [1.29, 1.82) is 0 Å². The Balaban J connectivity index is 2.30. The minimum Gasteiger partial charge on any atom is -0.460 e. The first-order valence-corrected chi connectivity index (χ1v) is 15.1. The molecule has 0 aromatic rings. The lowest BCUT2D eigenvalue weighted by atomic mass is 9.90. The van der Waals surface area contributed by atoms with E-state index in [9.17, 15) is 29.1 Å². The molecule has 0 fully saturated rings. The predicted octanol–water partition coefficient (Wildman–Crippen LogP) is 3.87. The van der Waals surface area contributed by atoms with Gasteiger partial charge in [-0.3, -0.25) is 19.2 Å². The van der Waals surface area contributed by atoms with Crippen molar-refractivity contribution in [3.8, 4) is 0 Å². The van der Waals surface area contributed by atoms with Crippen molar-refractivity contribution in [2.24, 2.45) is 5.92 Å². The summed E-state index contributed by atoms with van der Waals surface area (Å²) in [6.07, 6.45) is 15.2. The third-order valence-corrected chi connectivity index (χ3v) is 7.45. The number of methoxy groups -OCH3 is 1. The van der Waals surface area contributed by atoms with E-state index in [0.717, 1.165) is 18.9 Å². The molecule has 2 amide bonds. The van der Waals surface area contributed by atoms with Crippen LogP contribution in [0.3, 0.4) is 0 Å². The first kappa shape index (κ1) is 36.3. The average molecular weight is 611 g/mol. The van der Waals surface area contributed by atoms with Crippen molar-refractivity contribution in [3.05, 3.63) is 71.5 Å². The normalized spacial score (nSPS) is 24.7. The number of allylic oxidation sites excluding steroid dienone is 8. The molecule has 1 heterocycles. The van der Waals surface area contributed by atoms with E-state index >= 15 is 0 Å². The van der Waals surface area contributed by atoms with Gasteiger partial charge in [-0.25, -0.2) is 4.79 Å². The van der Waals surface area contributed by atoms with Gasteiger partial charge in [0.2, 0.25) is 17.6 Å². The van der Waals surface area contributed by atoms with Crippen molar-refractivity contribution in [3.63, 3.8) is 0 Å². The van der Waals surface area contributed by atoms with E-state index in [4.69, 9.17) is 9.47 Å². The summed E-state index contributed by atoms with van der Waals surface area (Å²) in [5.74, 6) is -2.63. The second kappa shape index (κ2) is 18.7. The highest BCUT2D eigenvalue weighted by Crippen LogP contribution is 2.24. The van der Waals surface area contributed by atoms with Crippen LogP contribution in [0.4, 0.5) is 0 Å². The summed E-state index contributed by atoms with van der Waals surface area (Å²) in [4.78, 5) is 62.9. The number of hydrogen-bond donors (Lipinski definition) is 3. The standard InChI is InChI=1S/C34H46N2O8/c1-6-7-18-30(38)35-24(4)34(42)44-29-17-12-10-8-9-11-16-27(43-5)21-31(39)36-28-20-26(37)19-25(33(28)41)15-13-14-22(2)32(40)23(29)3/h8-12,14,16,19-20,23-24,27,29,32,40H,6-7,13,15,17-18,21H2,1-5H3,(H,35,38)(H,36,39). The number of fused-ring (bicyclic) bond motifs is 2. The Kier molecular flexibility index (Phi) is 15.4. The molecule has 240 valence electrons. The molecule has 2 aliphatic rings. The van der Waals surface area contributed by atoms with Gasteiger partial charge < -0.3 is 25.2 Å². The lowest BCUT2D eigenvalue weighted by Crippen LogP contribution is -2.43. The molecule has 5 unspecified atom stereocenters. The summed E-state index contributed by atoms with van der Waals surface area (Å²) < 4.78 is 11.2. The summed E-state index contributed by atoms with van der Waals surface area (Å²) >= 11 is 0. The fraction of sp³-hybridized carbons (Fsp3) is 0.500.